The van der Waals surface area contributed by atoms with E-state index in [0.29, 0.717) is 35.8 Å². The van der Waals surface area contributed by atoms with Gasteiger partial charge in [-0.25, -0.2) is 4.79 Å². The number of benzene rings is 2. The van der Waals surface area contributed by atoms with Gasteiger partial charge in [-0.05, 0) is 61.8 Å². The summed E-state index contributed by atoms with van der Waals surface area (Å²) in [7, 11) is 0. The van der Waals surface area contributed by atoms with Crippen LogP contribution in [-0.2, 0) is 9.59 Å². The van der Waals surface area contributed by atoms with Gasteiger partial charge >= 0.3 is 6.03 Å². The third-order valence-electron chi connectivity index (χ3n) is 4.67. The molecule has 1 atom stereocenters. The lowest BCUT2D eigenvalue weighted by atomic mass is 10.2. The van der Waals surface area contributed by atoms with Gasteiger partial charge in [0.25, 0.3) is 0 Å². The van der Waals surface area contributed by atoms with Crippen LogP contribution in [-0.4, -0.2) is 49.0 Å². The van der Waals surface area contributed by atoms with Crippen LogP contribution in [0, 0.1) is 0 Å². The number of fused-ring (bicyclic) bond motifs is 1. The number of amides is 4. The van der Waals surface area contributed by atoms with Gasteiger partial charge in [0.2, 0.25) is 11.8 Å². The average Bonchev–Trinajstić information content (AvgIpc) is 2.77. The molecule has 164 valence electrons. The van der Waals surface area contributed by atoms with Crippen molar-refractivity contribution in [3.8, 4) is 5.75 Å². The molecule has 1 aliphatic heterocycles. The molecule has 1 heterocycles. The predicted molar refractivity (Wildman–Crippen MR) is 124 cm³/mol. The molecule has 0 saturated heterocycles. The van der Waals surface area contributed by atoms with Gasteiger partial charge in [0, 0.05) is 5.69 Å². The molecule has 3 rings (SSSR count). The maximum absolute atomic E-state index is 13.0. The standard InChI is InChI=1S/C22H26N4O4S/c1-3-30-16-10-8-15(9-11-16)23-21(28)18(12-13-31-2)25-22(29)26-14-20(27)24-17-6-4-5-7-19(17)26/h4-11,18H,3,12-14H2,1-2H3,(H,23,28)(H,24,27)(H,25,29). The molecule has 9 heteroatoms. The molecule has 0 fully saturated rings. The van der Waals surface area contributed by atoms with Crippen LogP contribution >= 0.6 is 11.8 Å². The third-order valence-corrected chi connectivity index (χ3v) is 5.32. The second-order valence-corrected chi connectivity index (χ2v) is 7.87. The number of carbonyl (C=O) groups excluding carboxylic acids is 3. The zero-order valence-electron chi connectivity index (χ0n) is 17.5. The summed E-state index contributed by atoms with van der Waals surface area (Å²) in [6.45, 7) is 2.35. The molecule has 2 aromatic rings. The van der Waals surface area contributed by atoms with Crippen LogP contribution in [0.3, 0.4) is 0 Å². The van der Waals surface area contributed by atoms with Crippen LogP contribution in [0.25, 0.3) is 0 Å². The summed E-state index contributed by atoms with van der Waals surface area (Å²) in [5, 5.41) is 8.38. The van der Waals surface area contributed by atoms with Gasteiger partial charge in [0.05, 0.1) is 18.0 Å². The molecule has 1 aliphatic rings. The smallest absolute Gasteiger partial charge is 0.323 e. The van der Waals surface area contributed by atoms with Gasteiger partial charge in [-0.1, -0.05) is 12.1 Å². The van der Waals surface area contributed by atoms with Crippen molar-refractivity contribution in [2.75, 3.05) is 40.7 Å². The van der Waals surface area contributed by atoms with E-state index in [9.17, 15) is 14.4 Å². The number of carbonyl (C=O) groups is 3. The molecule has 1 unspecified atom stereocenters. The quantitative estimate of drug-likeness (QED) is 0.582. The van der Waals surface area contributed by atoms with Crippen LogP contribution in [0.2, 0.25) is 0 Å². The van der Waals surface area contributed by atoms with Crippen LogP contribution in [0.1, 0.15) is 13.3 Å². The Kier molecular flexibility index (Phi) is 7.77. The molecular formula is C22H26N4O4S. The summed E-state index contributed by atoms with van der Waals surface area (Å²) >= 11 is 1.59. The Balaban J connectivity index is 1.71. The number of hydrogen-bond acceptors (Lipinski definition) is 5. The minimum Gasteiger partial charge on any atom is -0.494 e. The van der Waals surface area contributed by atoms with E-state index in [0.717, 1.165) is 5.75 Å². The Labute approximate surface area is 185 Å². The molecule has 0 aliphatic carbocycles. The van der Waals surface area contributed by atoms with Gasteiger partial charge in [-0.2, -0.15) is 11.8 Å². The fraction of sp³-hybridized carbons (Fsp3) is 0.318. The van der Waals surface area contributed by atoms with Crippen molar-refractivity contribution in [2.24, 2.45) is 0 Å². The second kappa shape index (κ2) is 10.7. The van der Waals surface area contributed by atoms with Crippen molar-refractivity contribution in [3.63, 3.8) is 0 Å². The molecule has 0 aromatic heterocycles. The van der Waals surface area contributed by atoms with E-state index >= 15 is 0 Å². The van der Waals surface area contributed by atoms with Crippen LogP contribution in [0.5, 0.6) is 5.75 Å². The highest BCUT2D eigenvalue weighted by Crippen LogP contribution is 2.29. The highest BCUT2D eigenvalue weighted by atomic mass is 32.2. The van der Waals surface area contributed by atoms with Crippen molar-refractivity contribution >= 4 is 46.7 Å². The molecule has 3 N–H and O–H groups in total. The van der Waals surface area contributed by atoms with Crippen molar-refractivity contribution in [2.45, 2.75) is 19.4 Å². The Morgan fingerprint density at radius 1 is 1.19 bits per heavy atom. The molecule has 4 amide bonds. The summed E-state index contributed by atoms with van der Waals surface area (Å²) in [5.41, 5.74) is 1.77. The van der Waals surface area contributed by atoms with E-state index in [4.69, 9.17) is 4.74 Å². The van der Waals surface area contributed by atoms with Crippen LogP contribution < -0.4 is 25.6 Å². The summed E-state index contributed by atoms with van der Waals surface area (Å²) in [6, 6.07) is 12.9. The van der Waals surface area contributed by atoms with Gasteiger partial charge in [0.15, 0.2) is 0 Å². The van der Waals surface area contributed by atoms with Gasteiger partial charge < -0.3 is 20.7 Å². The van der Waals surface area contributed by atoms with Crippen molar-refractivity contribution < 1.29 is 19.1 Å². The summed E-state index contributed by atoms with van der Waals surface area (Å²) in [5.74, 6) is 0.808. The van der Waals surface area contributed by atoms with Crippen molar-refractivity contribution in [1.29, 1.82) is 0 Å². The fourth-order valence-electron chi connectivity index (χ4n) is 3.18. The predicted octanol–water partition coefficient (Wildman–Crippen LogP) is 3.31. The van der Waals surface area contributed by atoms with E-state index in [1.54, 1.807) is 60.3 Å². The number of rotatable bonds is 8. The second-order valence-electron chi connectivity index (χ2n) is 6.88. The molecule has 0 saturated carbocycles. The molecule has 2 aromatic carbocycles. The lowest BCUT2D eigenvalue weighted by Crippen LogP contribution is -2.53. The molecular weight excluding hydrogens is 416 g/mol. The summed E-state index contributed by atoms with van der Waals surface area (Å²) in [6.07, 6.45) is 2.39. The first-order valence-corrected chi connectivity index (χ1v) is 11.4. The van der Waals surface area contributed by atoms with E-state index in [1.165, 1.54) is 4.90 Å². The largest absolute Gasteiger partial charge is 0.494 e. The Morgan fingerprint density at radius 3 is 2.65 bits per heavy atom. The topological polar surface area (TPSA) is 99.8 Å². The minimum absolute atomic E-state index is 0.112. The number of ether oxygens (including phenoxy) is 1. The lowest BCUT2D eigenvalue weighted by Gasteiger charge is -2.30. The van der Waals surface area contributed by atoms with E-state index in [1.807, 2.05) is 13.2 Å². The number of nitrogens with zero attached hydrogens (tertiary/aromatic N) is 1. The first-order chi connectivity index (χ1) is 15.0. The highest BCUT2D eigenvalue weighted by molar-refractivity contribution is 7.98. The molecule has 0 bridgehead atoms. The van der Waals surface area contributed by atoms with Crippen LogP contribution in [0.15, 0.2) is 48.5 Å². The number of nitrogens with one attached hydrogen (secondary N) is 3. The summed E-state index contributed by atoms with van der Waals surface area (Å²) < 4.78 is 5.41. The minimum atomic E-state index is -0.747. The highest BCUT2D eigenvalue weighted by Gasteiger charge is 2.29. The third kappa shape index (κ3) is 5.91. The number of urea groups is 1. The first kappa shape index (κ1) is 22.5. The van der Waals surface area contributed by atoms with Gasteiger partial charge in [-0.15, -0.1) is 0 Å². The zero-order valence-corrected chi connectivity index (χ0v) is 18.3. The number of thioether (sulfide) groups is 1. The van der Waals surface area contributed by atoms with Crippen LogP contribution in [0.4, 0.5) is 21.9 Å². The lowest BCUT2D eigenvalue weighted by molar-refractivity contribution is -0.118. The normalized spacial score (nSPS) is 13.6. The molecule has 0 spiro atoms. The zero-order chi connectivity index (χ0) is 22.2. The van der Waals surface area contributed by atoms with E-state index in [-0.39, 0.29) is 18.4 Å². The van der Waals surface area contributed by atoms with Gasteiger partial charge in [-0.3, -0.25) is 14.5 Å². The molecule has 31 heavy (non-hydrogen) atoms. The SMILES string of the molecule is CCOc1ccc(NC(=O)C(CCSC)NC(=O)N2CC(=O)Nc3ccccc32)cc1. The monoisotopic (exact) mass is 442 g/mol. The maximum Gasteiger partial charge on any atom is 0.323 e. The maximum atomic E-state index is 13.0. The number of para-hydroxylation sites is 2. The number of anilines is 3. The Bertz CT molecular complexity index is 935. The fourth-order valence-corrected chi connectivity index (χ4v) is 3.65. The van der Waals surface area contributed by atoms with Gasteiger partial charge in [0.1, 0.15) is 18.3 Å². The van der Waals surface area contributed by atoms with E-state index < -0.39 is 12.1 Å². The van der Waals surface area contributed by atoms with Crippen molar-refractivity contribution in [3.05, 3.63) is 48.5 Å². The summed E-state index contributed by atoms with van der Waals surface area (Å²) in [4.78, 5) is 39.3. The average molecular weight is 443 g/mol. The Morgan fingerprint density at radius 2 is 1.94 bits per heavy atom. The first-order valence-electron chi connectivity index (χ1n) is 10.0. The Hall–Kier alpha value is -3.20. The number of hydrogen-bond donors (Lipinski definition) is 3. The van der Waals surface area contributed by atoms with Crippen molar-refractivity contribution in [1.82, 2.24) is 5.32 Å². The molecule has 8 nitrogen and oxygen atoms in total. The molecule has 0 radical (unpaired) electrons. The van der Waals surface area contributed by atoms with E-state index in [2.05, 4.69) is 16.0 Å².